The number of rotatable bonds is 2. The van der Waals surface area contributed by atoms with Gasteiger partial charge >= 0.3 is 5.97 Å². The van der Waals surface area contributed by atoms with Crippen LogP contribution in [0.5, 0.6) is 0 Å². The summed E-state index contributed by atoms with van der Waals surface area (Å²) in [4.78, 5) is 36.3. The molecule has 1 aliphatic heterocycles. The highest BCUT2D eigenvalue weighted by Gasteiger charge is 2.39. The van der Waals surface area contributed by atoms with Gasteiger partial charge in [-0.05, 0) is 24.3 Å². The molecule has 1 amide bonds. The van der Waals surface area contributed by atoms with Gasteiger partial charge in [0.25, 0.3) is 5.91 Å². The lowest BCUT2D eigenvalue weighted by Crippen LogP contribution is -2.30. The van der Waals surface area contributed by atoms with Crippen molar-refractivity contribution in [3.05, 3.63) is 35.6 Å². The average Bonchev–Trinajstić information content (AvgIpc) is 2.80. The standard InChI is InChI=1S/C13H12FNO4/c1-19-13(18)10-6-15(7-11(10)16)12(17)8-2-4-9(14)5-3-8/h2-5,10H,6-7H2,1H3. The third kappa shape index (κ3) is 2.62. The molecule has 0 radical (unpaired) electrons. The van der Waals surface area contributed by atoms with Gasteiger partial charge in [-0.15, -0.1) is 0 Å². The molecule has 1 unspecified atom stereocenters. The third-order valence-electron chi connectivity index (χ3n) is 3.00. The number of hydrogen-bond donors (Lipinski definition) is 0. The van der Waals surface area contributed by atoms with Gasteiger partial charge in [-0.3, -0.25) is 14.4 Å². The third-order valence-corrected chi connectivity index (χ3v) is 3.00. The fraction of sp³-hybridized carbons (Fsp3) is 0.308. The van der Waals surface area contributed by atoms with Crippen molar-refractivity contribution in [3.63, 3.8) is 0 Å². The van der Waals surface area contributed by atoms with Crippen LogP contribution in [0, 0.1) is 11.7 Å². The van der Waals surface area contributed by atoms with Gasteiger partial charge < -0.3 is 9.64 Å². The highest BCUT2D eigenvalue weighted by atomic mass is 19.1. The maximum Gasteiger partial charge on any atom is 0.318 e. The van der Waals surface area contributed by atoms with Crippen molar-refractivity contribution < 1.29 is 23.5 Å². The average molecular weight is 265 g/mol. The van der Waals surface area contributed by atoms with Crippen LogP contribution in [0.2, 0.25) is 0 Å². The number of hydrogen-bond acceptors (Lipinski definition) is 4. The number of Topliss-reactive ketones (excluding diaryl/α,β-unsaturated/α-hetero) is 1. The molecule has 5 nitrogen and oxygen atoms in total. The lowest BCUT2D eigenvalue weighted by atomic mass is 10.1. The topological polar surface area (TPSA) is 63.7 Å². The molecule has 1 heterocycles. The normalized spacial score (nSPS) is 18.5. The zero-order valence-electron chi connectivity index (χ0n) is 10.3. The second-order valence-corrected chi connectivity index (χ2v) is 4.23. The molecule has 0 saturated carbocycles. The van der Waals surface area contributed by atoms with Gasteiger partial charge in [-0.2, -0.15) is 0 Å². The predicted octanol–water partition coefficient (Wildman–Crippen LogP) is 0.640. The Hall–Kier alpha value is -2.24. The highest BCUT2D eigenvalue weighted by Crippen LogP contribution is 2.17. The van der Waals surface area contributed by atoms with E-state index in [9.17, 15) is 18.8 Å². The summed E-state index contributed by atoms with van der Waals surface area (Å²) in [5.41, 5.74) is 0.278. The Morgan fingerprint density at radius 2 is 1.95 bits per heavy atom. The van der Waals surface area contributed by atoms with E-state index in [0.717, 1.165) is 0 Å². The molecule has 19 heavy (non-hydrogen) atoms. The van der Waals surface area contributed by atoms with E-state index in [4.69, 9.17) is 0 Å². The summed E-state index contributed by atoms with van der Waals surface area (Å²) >= 11 is 0. The van der Waals surface area contributed by atoms with E-state index in [2.05, 4.69) is 4.74 Å². The molecule has 1 fully saturated rings. The molecule has 1 aliphatic rings. The number of amides is 1. The van der Waals surface area contributed by atoms with Crippen molar-refractivity contribution >= 4 is 17.7 Å². The van der Waals surface area contributed by atoms with E-state index in [1.54, 1.807) is 0 Å². The summed E-state index contributed by atoms with van der Waals surface area (Å²) in [5.74, 6) is -2.75. The van der Waals surface area contributed by atoms with E-state index < -0.39 is 23.6 Å². The largest absolute Gasteiger partial charge is 0.468 e. The fourth-order valence-electron chi connectivity index (χ4n) is 1.96. The molecule has 1 aromatic rings. The van der Waals surface area contributed by atoms with Crippen molar-refractivity contribution in [3.8, 4) is 0 Å². The molecule has 0 aliphatic carbocycles. The lowest BCUT2D eigenvalue weighted by Gasteiger charge is -2.14. The summed E-state index contributed by atoms with van der Waals surface area (Å²) < 4.78 is 17.3. The number of halogens is 1. The van der Waals surface area contributed by atoms with Crippen molar-refractivity contribution in [2.75, 3.05) is 20.2 Å². The summed E-state index contributed by atoms with van der Waals surface area (Å²) in [6, 6.07) is 5.02. The first kappa shape index (κ1) is 13.2. The number of esters is 1. The van der Waals surface area contributed by atoms with Gasteiger partial charge in [0.2, 0.25) is 0 Å². The first-order valence-corrected chi connectivity index (χ1v) is 5.68. The van der Waals surface area contributed by atoms with E-state index in [1.807, 2.05) is 0 Å². The van der Waals surface area contributed by atoms with Crippen LogP contribution in [-0.2, 0) is 14.3 Å². The number of ether oxygens (including phenoxy) is 1. The predicted molar refractivity (Wildman–Crippen MR) is 62.8 cm³/mol. The van der Waals surface area contributed by atoms with Crippen LogP contribution in [0.4, 0.5) is 4.39 Å². The summed E-state index contributed by atoms with van der Waals surface area (Å²) in [5, 5.41) is 0. The molecule has 0 spiro atoms. The molecular weight excluding hydrogens is 253 g/mol. The summed E-state index contributed by atoms with van der Waals surface area (Å²) in [6.07, 6.45) is 0. The van der Waals surface area contributed by atoms with Crippen molar-refractivity contribution in [2.24, 2.45) is 5.92 Å². The van der Waals surface area contributed by atoms with Crippen molar-refractivity contribution in [1.82, 2.24) is 4.90 Å². The number of carbonyl (C=O) groups is 3. The Labute approximate surface area is 109 Å². The van der Waals surface area contributed by atoms with E-state index in [1.165, 1.54) is 36.3 Å². The molecule has 0 aromatic heterocycles. The fourth-order valence-corrected chi connectivity index (χ4v) is 1.96. The number of nitrogens with zero attached hydrogens (tertiary/aromatic N) is 1. The quantitative estimate of drug-likeness (QED) is 0.581. The Kier molecular flexibility index (Phi) is 3.59. The van der Waals surface area contributed by atoms with E-state index >= 15 is 0 Å². The van der Waals surface area contributed by atoms with Crippen molar-refractivity contribution in [2.45, 2.75) is 0 Å². The molecule has 2 rings (SSSR count). The van der Waals surface area contributed by atoms with Crippen LogP contribution >= 0.6 is 0 Å². The smallest absolute Gasteiger partial charge is 0.318 e. The molecule has 1 aromatic carbocycles. The highest BCUT2D eigenvalue weighted by molar-refractivity contribution is 6.06. The number of benzene rings is 1. The van der Waals surface area contributed by atoms with Gasteiger partial charge in [0.05, 0.1) is 13.7 Å². The Morgan fingerprint density at radius 3 is 2.53 bits per heavy atom. The van der Waals surface area contributed by atoms with E-state index in [-0.39, 0.29) is 24.4 Å². The van der Waals surface area contributed by atoms with Crippen molar-refractivity contribution in [1.29, 1.82) is 0 Å². The summed E-state index contributed by atoms with van der Waals surface area (Å²) in [6.45, 7) is -0.127. The second-order valence-electron chi connectivity index (χ2n) is 4.23. The van der Waals surface area contributed by atoms with Crippen LogP contribution in [0.3, 0.4) is 0 Å². The van der Waals surface area contributed by atoms with Gasteiger partial charge in [0, 0.05) is 12.1 Å². The van der Waals surface area contributed by atoms with Crippen LogP contribution < -0.4 is 0 Å². The maximum absolute atomic E-state index is 12.8. The summed E-state index contributed by atoms with van der Waals surface area (Å²) in [7, 11) is 1.19. The molecule has 1 saturated heterocycles. The van der Waals surface area contributed by atoms with Crippen LogP contribution in [-0.4, -0.2) is 42.8 Å². The minimum Gasteiger partial charge on any atom is -0.468 e. The van der Waals surface area contributed by atoms with Gasteiger partial charge in [0.1, 0.15) is 11.7 Å². The van der Waals surface area contributed by atoms with Crippen LogP contribution in [0.15, 0.2) is 24.3 Å². The molecule has 0 bridgehead atoms. The SMILES string of the molecule is COC(=O)C1CN(C(=O)c2ccc(F)cc2)CC1=O. The van der Waals surface area contributed by atoms with E-state index in [0.29, 0.717) is 0 Å². The molecule has 1 atom stereocenters. The second kappa shape index (κ2) is 5.17. The molecule has 0 N–H and O–H groups in total. The lowest BCUT2D eigenvalue weighted by molar-refractivity contribution is -0.147. The zero-order chi connectivity index (χ0) is 14.0. The molecular formula is C13H12FNO4. The minimum absolute atomic E-state index is 0.00170. The number of likely N-dealkylation sites (tertiary alicyclic amines) is 1. The molecule has 100 valence electrons. The van der Waals surface area contributed by atoms with Gasteiger partial charge in [0.15, 0.2) is 5.78 Å². The number of methoxy groups -OCH3 is 1. The van der Waals surface area contributed by atoms with Crippen LogP contribution in [0.1, 0.15) is 10.4 Å². The Bertz CT molecular complexity index is 526. The zero-order valence-corrected chi connectivity index (χ0v) is 10.3. The number of ketones is 1. The Balaban J connectivity index is 2.12. The first-order chi connectivity index (χ1) is 9.02. The monoisotopic (exact) mass is 265 g/mol. The van der Waals surface area contributed by atoms with Gasteiger partial charge in [-0.1, -0.05) is 0 Å². The minimum atomic E-state index is -0.922. The van der Waals surface area contributed by atoms with Crippen LogP contribution in [0.25, 0.3) is 0 Å². The molecule has 6 heteroatoms. The maximum atomic E-state index is 12.8. The number of carbonyl (C=O) groups excluding carboxylic acids is 3. The van der Waals surface area contributed by atoms with Gasteiger partial charge in [-0.25, -0.2) is 4.39 Å². The first-order valence-electron chi connectivity index (χ1n) is 5.68. The Morgan fingerprint density at radius 1 is 1.32 bits per heavy atom.